The van der Waals surface area contributed by atoms with Crippen LogP contribution in [0.25, 0.3) is 0 Å². The number of ether oxygens (including phenoxy) is 2. The molecule has 0 saturated heterocycles. The predicted molar refractivity (Wildman–Crippen MR) is 82.5 cm³/mol. The molecule has 2 heterocycles. The molecule has 1 aromatic heterocycles. The van der Waals surface area contributed by atoms with E-state index in [1.54, 1.807) is 0 Å². The first-order chi connectivity index (χ1) is 10.6. The van der Waals surface area contributed by atoms with Crippen LogP contribution in [0.3, 0.4) is 0 Å². The van der Waals surface area contributed by atoms with Gasteiger partial charge in [-0.15, -0.1) is 0 Å². The van der Waals surface area contributed by atoms with Crippen molar-refractivity contribution in [1.29, 1.82) is 0 Å². The fourth-order valence-electron chi connectivity index (χ4n) is 2.22. The average Bonchev–Trinajstić information content (AvgIpc) is 2.88. The Balaban J connectivity index is 1.73. The summed E-state index contributed by atoms with van der Waals surface area (Å²) in [6.45, 7) is 7.43. The number of anilines is 1. The highest BCUT2D eigenvalue weighted by Crippen LogP contribution is 2.33. The second kappa shape index (κ2) is 6.25. The van der Waals surface area contributed by atoms with Gasteiger partial charge in [0.15, 0.2) is 17.3 Å². The Morgan fingerprint density at radius 3 is 2.59 bits per heavy atom. The summed E-state index contributed by atoms with van der Waals surface area (Å²) >= 11 is 0. The lowest BCUT2D eigenvalue weighted by Gasteiger charge is -2.14. The van der Waals surface area contributed by atoms with Crippen molar-refractivity contribution in [2.75, 3.05) is 18.5 Å². The van der Waals surface area contributed by atoms with Gasteiger partial charge in [-0.05, 0) is 19.1 Å². The molecule has 0 saturated carbocycles. The zero-order chi connectivity index (χ0) is 15.5. The first kappa shape index (κ1) is 14.7. The number of benzene rings is 1. The molecule has 1 atom stereocenters. The standard InChI is InChI=1S/C16H21N3O3/c1-10(2)15-18-16(22-19-15)11(3)17-12-5-6-13-14(9-12)21-8-4-7-20-13/h5-6,9-11,17H,4,7-8H2,1-3H3/t11-/m0/s1. The Labute approximate surface area is 129 Å². The zero-order valence-electron chi connectivity index (χ0n) is 13.1. The van der Waals surface area contributed by atoms with Crippen LogP contribution in [0.2, 0.25) is 0 Å². The molecule has 3 rings (SSSR count). The lowest BCUT2D eigenvalue weighted by Crippen LogP contribution is -2.07. The minimum Gasteiger partial charge on any atom is -0.490 e. The molecule has 6 heteroatoms. The van der Waals surface area contributed by atoms with Crippen molar-refractivity contribution in [3.05, 3.63) is 29.9 Å². The SMILES string of the molecule is CC(C)c1noc([C@H](C)Nc2ccc3c(c2)OCCCO3)n1. The Bertz CT molecular complexity index is 639. The summed E-state index contributed by atoms with van der Waals surface area (Å²) in [4.78, 5) is 4.41. The summed E-state index contributed by atoms with van der Waals surface area (Å²) in [7, 11) is 0. The summed E-state index contributed by atoms with van der Waals surface area (Å²) < 4.78 is 16.6. The third-order valence-corrected chi connectivity index (χ3v) is 3.47. The van der Waals surface area contributed by atoms with Crippen LogP contribution in [0.5, 0.6) is 11.5 Å². The lowest BCUT2D eigenvalue weighted by molar-refractivity contribution is 0.297. The van der Waals surface area contributed by atoms with Crippen LogP contribution in [0.1, 0.15) is 50.9 Å². The van der Waals surface area contributed by atoms with Gasteiger partial charge in [0.2, 0.25) is 5.89 Å². The number of nitrogens with one attached hydrogen (secondary N) is 1. The van der Waals surface area contributed by atoms with Crippen LogP contribution in [-0.2, 0) is 0 Å². The van der Waals surface area contributed by atoms with Gasteiger partial charge >= 0.3 is 0 Å². The zero-order valence-corrected chi connectivity index (χ0v) is 13.1. The number of rotatable bonds is 4. The molecule has 22 heavy (non-hydrogen) atoms. The van der Waals surface area contributed by atoms with Crippen molar-refractivity contribution < 1.29 is 14.0 Å². The molecule has 0 unspecified atom stereocenters. The van der Waals surface area contributed by atoms with Crippen LogP contribution in [-0.4, -0.2) is 23.4 Å². The van der Waals surface area contributed by atoms with E-state index in [2.05, 4.69) is 15.5 Å². The highest BCUT2D eigenvalue weighted by Gasteiger charge is 2.17. The lowest BCUT2D eigenvalue weighted by atomic mass is 10.2. The molecule has 1 aromatic carbocycles. The molecule has 0 spiro atoms. The molecule has 0 amide bonds. The van der Waals surface area contributed by atoms with Gasteiger partial charge in [-0.25, -0.2) is 0 Å². The Kier molecular flexibility index (Phi) is 4.18. The van der Waals surface area contributed by atoms with Crippen LogP contribution >= 0.6 is 0 Å². The van der Waals surface area contributed by atoms with Crippen molar-refractivity contribution in [3.63, 3.8) is 0 Å². The Hall–Kier alpha value is -2.24. The van der Waals surface area contributed by atoms with Crippen molar-refractivity contribution in [3.8, 4) is 11.5 Å². The van der Waals surface area contributed by atoms with E-state index in [9.17, 15) is 0 Å². The van der Waals surface area contributed by atoms with Gasteiger partial charge in [-0.3, -0.25) is 0 Å². The van der Waals surface area contributed by atoms with Gasteiger partial charge < -0.3 is 19.3 Å². The monoisotopic (exact) mass is 303 g/mol. The van der Waals surface area contributed by atoms with E-state index in [4.69, 9.17) is 14.0 Å². The molecule has 1 aliphatic rings. The maximum atomic E-state index is 5.70. The van der Waals surface area contributed by atoms with Gasteiger partial charge in [-0.2, -0.15) is 4.98 Å². The summed E-state index contributed by atoms with van der Waals surface area (Å²) in [5, 5.41) is 7.34. The van der Waals surface area contributed by atoms with Gasteiger partial charge in [0.1, 0.15) is 6.04 Å². The Morgan fingerprint density at radius 2 is 1.86 bits per heavy atom. The van der Waals surface area contributed by atoms with Gasteiger partial charge in [0, 0.05) is 24.1 Å². The van der Waals surface area contributed by atoms with Crippen LogP contribution in [0.4, 0.5) is 5.69 Å². The van der Waals surface area contributed by atoms with E-state index in [1.165, 1.54) is 0 Å². The minimum atomic E-state index is -0.0789. The van der Waals surface area contributed by atoms with Crippen molar-refractivity contribution >= 4 is 5.69 Å². The number of hydrogen-bond acceptors (Lipinski definition) is 6. The molecule has 0 aliphatic carbocycles. The molecular weight excluding hydrogens is 282 g/mol. The van der Waals surface area contributed by atoms with Crippen LogP contribution in [0, 0.1) is 0 Å². The summed E-state index contributed by atoms with van der Waals surface area (Å²) in [6, 6.07) is 5.74. The van der Waals surface area contributed by atoms with E-state index in [0.717, 1.165) is 29.4 Å². The quantitative estimate of drug-likeness (QED) is 0.932. The van der Waals surface area contributed by atoms with Crippen LogP contribution < -0.4 is 14.8 Å². The second-order valence-electron chi connectivity index (χ2n) is 5.72. The molecule has 118 valence electrons. The highest BCUT2D eigenvalue weighted by atomic mass is 16.5. The van der Waals surface area contributed by atoms with Gasteiger partial charge in [0.25, 0.3) is 0 Å². The van der Waals surface area contributed by atoms with E-state index in [0.29, 0.717) is 19.1 Å². The van der Waals surface area contributed by atoms with Gasteiger partial charge in [0.05, 0.1) is 13.2 Å². The first-order valence-corrected chi connectivity index (χ1v) is 7.63. The smallest absolute Gasteiger partial charge is 0.248 e. The van der Waals surface area contributed by atoms with E-state index in [1.807, 2.05) is 39.0 Å². The number of aromatic nitrogens is 2. The largest absolute Gasteiger partial charge is 0.490 e. The summed E-state index contributed by atoms with van der Waals surface area (Å²) in [5.74, 6) is 3.11. The molecule has 6 nitrogen and oxygen atoms in total. The van der Waals surface area contributed by atoms with Crippen molar-refractivity contribution in [2.45, 2.75) is 39.2 Å². The normalized spacial score (nSPS) is 15.5. The second-order valence-corrected chi connectivity index (χ2v) is 5.72. The van der Waals surface area contributed by atoms with E-state index in [-0.39, 0.29) is 12.0 Å². The van der Waals surface area contributed by atoms with E-state index < -0.39 is 0 Å². The molecule has 0 radical (unpaired) electrons. The predicted octanol–water partition coefficient (Wildman–Crippen LogP) is 3.53. The summed E-state index contributed by atoms with van der Waals surface area (Å²) in [5.41, 5.74) is 0.932. The molecular formula is C16H21N3O3. The molecule has 2 aromatic rings. The van der Waals surface area contributed by atoms with Crippen molar-refractivity contribution in [2.24, 2.45) is 0 Å². The first-order valence-electron chi connectivity index (χ1n) is 7.63. The molecule has 0 bridgehead atoms. The molecule has 1 aliphatic heterocycles. The summed E-state index contributed by atoms with van der Waals surface area (Å²) in [6.07, 6.45) is 0.897. The topological polar surface area (TPSA) is 69.4 Å². The number of fused-ring (bicyclic) bond motifs is 1. The third kappa shape index (κ3) is 3.16. The van der Waals surface area contributed by atoms with E-state index >= 15 is 0 Å². The molecule has 1 N–H and O–H groups in total. The minimum absolute atomic E-state index is 0.0789. The van der Waals surface area contributed by atoms with Gasteiger partial charge in [-0.1, -0.05) is 19.0 Å². The number of hydrogen-bond donors (Lipinski definition) is 1. The highest BCUT2D eigenvalue weighted by molar-refractivity contribution is 5.55. The Morgan fingerprint density at radius 1 is 1.09 bits per heavy atom. The average molecular weight is 303 g/mol. The maximum Gasteiger partial charge on any atom is 0.248 e. The number of nitrogens with zero attached hydrogens (tertiary/aromatic N) is 2. The van der Waals surface area contributed by atoms with Crippen LogP contribution in [0.15, 0.2) is 22.7 Å². The molecule has 0 fully saturated rings. The fraction of sp³-hybridized carbons (Fsp3) is 0.500. The van der Waals surface area contributed by atoms with Crippen molar-refractivity contribution in [1.82, 2.24) is 10.1 Å². The third-order valence-electron chi connectivity index (χ3n) is 3.47. The maximum absolute atomic E-state index is 5.70. The fourth-order valence-corrected chi connectivity index (χ4v) is 2.22.